The van der Waals surface area contributed by atoms with Gasteiger partial charge in [0.2, 0.25) is 0 Å². The minimum Gasteiger partial charge on any atom is -0.376 e. The van der Waals surface area contributed by atoms with E-state index in [-0.39, 0.29) is 0 Å². The fourth-order valence-electron chi connectivity index (χ4n) is 0.999. The van der Waals surface area contributed by atoms with Crippen molar-refractivity contribution in [3.8, 4) is 0 Å². The molecule has 0 radical (unpaired) electrons. The predicted molar refractivity (Wildman–Crippen MR) is 45.9 cm³/mol. The summed E-state index contributed by atoms with van der Waals surface area (Å²) < 4.78 is 6.50. The van der Waals surface area contributed by atoms with E-state index < -0.39 is 0 Å². The van der Waals surface area contributed by atoms with Gasteiger partial charge in [-0.2, -0.15) is 0 Å². The Morgan fingerprint density at radius 1 is 1.78 bits per heavy atom. The molecule has 0 saturated carbocycles. The number of ether oxygens (including phenoxy) is 1. The van der Waals surface area contributed by atoms with E-state index in [0.29, 0.717) is 6.10 Å². The highest BCUT2D eigenvalue weighted by Crippen LogP contribution is 2.04. The smallest absolute Gasteiger partial charge is 0.0674 e. The molecule has 9 heavy (non-hydrogen) atoms. The van der Waals surface area contributed by atoms with Gasteiger partial charge in [0.05, 0.1) is 17.3 Å². The van der Waals surface area contributed by atoms with Gasteiger partial charge in [0, 0.05) is 13.1 Å². The normalized spacial score (nSPS) is 30.7. The molecule has 0 spiro atoms. The molecule has 1 atom stereocenters. The van der Waals surface area contributed by atoms with Crippen molar-refractivity contribution in [2.45, 2.75) is 13.0 Å². The Morgan fingerprint density at radius 3 is 3.00 bits per heavy atom. The first kappa shape index (κ1) is 7.75. The highest BCUT2D eigenvalue weighted by atomic mass is 127. The second kappa shape index (κ2) is 3.73. The molecule has 0 aromatic heterocycles. The third kappa shape index (κ3) is 2.39. The summed E-state index contributed by atoms with van der Waals surface area (Å²) in [4.78, 5) is 2.40. The van der Waals surface area contributed by atoms with Crippen molar-refractivity contribution >= 4 is 22.6 Å². The lowest BCUT2D eigenvalue weighted by Crippen LogP contribution is -2.39. The maximum atomic E-state index is 5.36. The van der Waals surface area contributed by atoms with E-state index in [9.17, 15) is 0 Å². The van der Waals surface area contributed by atoms with Crippen LogP contribution in [0.25, 0.3) is 0 Å². The van der Waals surface area contributed by atoms with Gasteiger partial charge in [0.25, 0.3) is 0 Å². The predicted octanol–water partition coefficient (Wildman–Crippen LogP) is 1.10. The number of halogens is 1. The second-order valence-electron chi connectivity index (χ2n) is 2.38. The fraction of sp³-hybridized carbons (Fsp3) is 1.00. The number of hydrogen-bond donors (Lipinski definition) is 0. The third-order valence-corrected chi connectivity index (χ3v) is 2.46. The van der Waals surface area contributed by atoms with Gasteiger partial charge >= 0.3 is 0 Å². The van der Waals surface area contributed by atoms with E-state index in [1.165, 1.54) is 0 Å². The molecule has 54 valence electrons. The summed E-state index contributed by atoms with van der Waals surface area (Å²) in [6, 6.07) is 0. The zero-order chi connectivity index (χ0) is 6.69. The van der Waals surface area contributed by atoms with E-state index in [1.54, 1.807) is 0 Å². The van der Waals surface area contributed by atoms with Crippen LogP contribution in [0.1, 0.15) is 6.92 Å². The van der Waals surface area contributed by atoms with E-state index in [4.69, 9.17) is 4.74 Å². The largest absolute Gasteiger partial charge is 0.376 e. The lowest BCUT2D eigenvalue weighted by molar-refractivity contribution is -0.00976. The van der Waals surface area contributed by atoms with E-state index in [2.05, 4.69) is 34.4 Å². The van der Waals surface area contributed by atoms with Crippen molar-refractivity contribution in [3.05, 3.63) is 0 Å². The molecule has 1 fully saturated rings. The van der Waals surface area contributed by atoms with Gasteiger partial charge in [-0.05, 0) is 6.92 Å². The van der Waals surface area contributed by atoms with E-state index >= 15 is 0 Å². The van der Waals surface area contributed by atoms with Crippen LogP contribution in [-0.2, 0) is 4.74 Å². The molecule has 3 heteroatoms. The maximum absolute atomic E-state index is 5.36. The minimum absolute atomic E-state index is 0.438. The number of alkyl halides is 1. The van der Waals surface area contributed by atoms with Gasteiger partial charge in [-0.25, -0.2) is 0 Å². The molecular weight excluding hydrogens is 229 g/mol. The molecule has 0 aromatic rings. The monoisotopic (exact) mass is 241 g/mol. The molecule has 2 nitrogen and oxygen atoms in total. The topological polar surface area (TPSA) is 12.5 Å². The first-order chi connectivity index (χ1) is 4.33. The van der Waals surface area contributed by atoms with Crippen molar-refractivity contribution in [1.29, 1.82) is 0 Å². The molecule has 1 heterocycles. The van der Waals surface area contributed by atoms with Crippen molar-refractivity contribution in [1.82, 2.24) is 4.90 Å². The standard InChI is InChI=1S/C6H12INO/c1-6-4-8(5-7)2-3-9-6/h6H,2-5H2,1H3. The zero-order valence-electron chi connectivity index (χ0n) is 5.64. The summed E-state index contributed by atoms with van der Waals surface area (Å²) in [5, 5.41) is 0. The Hall–Kier alpha value is 0.650. The Labute approximate surface area is 69.7 Å². The minimum atomic E-state index is 0.438. The average molecular weight is 241 g/mol. The van der Waals surface area contributed by atoms with Crippen molar-refractivity contribution in [2.75, 3.05) is 24.2 Å². The summed E-state index contributed by atoms with van der Waals surface area (Å²) in [5.41, 5.74) is 0. The van der Waals surface area contributed by atoms with Gasteiger partial charge in [-0.3, -0.25) is 4.90 Å². The van der Waals surface area contributed by atoms with Crippen LogP contribution in [0, 0.1) is 0 Å². The number of hydrogen-bond acceptors (Lipinski definition) is 2. The van der Waals surface area contributed by atoms with Crippen LogP contribution < -0.4 is 0 Å². The first-order valence-electron chi connectivity index (χ1n) is 3.23. The second-order valence-corrected chi connectivity index (χ2v) is 3.06. The van der Waals surface area contributed by atoms with Crippen LogP contribution in [0.2, 0.25) is 0 Å². The highest BCUT2D eigenvalue weighted by molar-refractivity contribution is 14.1. The highest BCUT2D eigenvalue weighted by Gasteiger charge is 2.14. The maximum Gasteiger partial charge on any atom is 0.0674 e. The molecular formula is C6H12INO. The van der Waals surface area contributed by atoms with Gasteiger partial charge in [-0.15, -0.1) is 0 Å². The number of rotatable bonds is 1. The van der Waals surface area contributed by atoms with Crippen LogP contribution >= 0.6 is 22.6 Å². The molecule has 1 rings (SSSR count). The molecule has 1 unspecified atom stereocenters. The summed E-state index contributed by atoms with van der Waals surface area (Å²) in [7, 11) is 0. The first-order valence-corrected chi connectivity index (χ1v) is 4.75. The summed E-state index contributed by atoms with van der Waals surface area (Å²) >= 11 is 2.39. The van der Waals surface area contributed by atoms with Crippen LogP contribution in [0.5, 0.6) is 0 Å². The van der Waals surface area contributed by atoms with Crippen molar-refractivity contribution < 1.29 is 4.74 Å². The Morgan fingerprint density at radius 2 is 2.56 bits per heavy atom. The van der Waals surface area contributed by atoms with Crippen LogP contribution in [-0.4, -0.2) is 35.3 Å². The number of nitrogens with zero attached hydrogens (tertiary/aromatic N) is 1. The van der Waals surface area contributed by atoms with Crippen LogP contribution in [0.3, 0.4) is 0 Å². The molecule has 0 aromatic carbocycles. The number of morpholine rings is 1. The SMILES string of the molecule is CC1CN(CI)CCO1. The molecule has 0 bridgehead atoms. The quantitative estimate of drug-likeness (QED) is 0.387. The third-order valence-electron chi connectivity index (χ3n) is 1.49. The van der Waals surface area contributed by atoms with Gasteiger partial charge in [0.1, 0.15) is 0 Å². The molecule has 0 amide bonds. The van der Waals surface area contributed by atoms with Gasteiger partial charge in [0.15, 0.2) is 0 Å². The summed E-state index contributed by atoms with van der Waals surface area (Å²) in [6.07, 6.45) is 0.438. The Bertz CT molecular complexity index is 89.1. The van der Waals surface area contributed by atoms with Crippen molar-refractivity contribution in [2.24, 2.45) is 0 Å². The molecule has 1 saturated heterocycles. The molecule has 0 N–H and O–H groups in total. The van der Waals surface area contributed by atoms with E-state index in [1.807, 2.05) is 0 Å². The molecule has 1 aliphatic heterocycles. The average Bonchev–Trinajstić information content (AvgIpc) is 1.88. The van der Waals surface area contributed by atoms with Crippen LogP contribution in [0.15, 0.2) is 0 Å². The Balaban J connectivity index is 2.23. The Kier molecular flexibility index (Phi) is 3.21. The summed E-state index contributed by atoms with van der Waals surface area (Å²) in [5.74, 6) is 0. The lowest BCUT2D eigenvalue weighted by Gasteiger charge is -2.29. The van der Waals surface area contributed by atoms with Gasteiger partial charge in [-0.1, -0.05) is 22.6 Å². The molecule has 1 aliphatic rings. The van der Waals surface area contributed by atoms with Gasteiger partial charge < -0.3 is 4.74 Å². The van der Waals surface area contributed by atoms with Crippen LogP contribution in [0.4, 0.5) is 0 Å². The zero-order valence-corrected chi connectivity index (χ0v) is 7.80. The lowest BCUT2D eigenvalue weighted by atomic mass is 10.3. The van der Waals surface area contributed by atoms with Crippen molar-refractivity contribution in [3.63, 3.8) is 0 Å². The van der Waals surface area contributed by atoms with E-state index in [0.717, 1.165) is 24.2 Å². The fourth-order valence-corrected chi connectivity index (χ4v) is 1.62. The summed E-state index contributed by atoms with van der Waals surface area (Å²) in [6.45, 7) is 5.23. The molecule has 0 aliphatic carbocycles.